The standard InChI is InChI=1S/C43H31N4O2.C11H7FN.Ir/c1-24(2)29-8-7-9-30(25(3)4)41(29)47-36-11-6-5-10-35(36)46-43(47)33-18-19-45-40-32-16-14-28(22-39(32)49-42(33)40)27-13-15-31-34-20-26(23-44)12-17-37(34)48-38(31)21-27;12-10-6-4-9(5-7-10)11-3-1-2-8-13-11;/h5-17,19-22,24-25H,1-4H3;1-4,6-8H;/q2*-1;. The molecule has 0 atom stereocenters. The molecule has 309 valence electrons. The number of fused-ring (bicyclic) bond motifs is 7. The van der Waals surface area contributed by atoms with Crippen LogP contribution in [0.4, 0.5) is 4.39 Å². The van der Waals surface area contributed by atoms with E-state index in [0.29, 0.717) is 23.0 Å². The van der Waals surface area contributed by atoms with Gasteiger partial charge in [0.25, 0.3) is 0 Å². The first-order valence-electron chi connectivity index (χ1n) is 20.5. The van der Waals surface area contributed by atoms with E-state index < -0.39 is 0 Å². The summed E-state index contributed by atoms with van der Waals surface area (Å²) in [6, 6.07) is 51.3. The predicted molar refractivity (Wildman–Crippen MR) is 244 cm³/mol. The Kier molecular flexibility index (Phi) is 11.0. The molecule has 11 aromatic rings. The molecule has 0 spiro atoms. The number of rotatable bonds is 6. The second kappa shape index (κ2) is 16.9. The van der Waals surface area contributed by atoms with Crippen LogP contribution in [0.15, 0.2) is 155 Å². The Balaban J connectivity index is 0.000000309. The maximum atomic E-state index is 12.6. The molecule has 5 heterocycles. The van der Waals surface area contributed by atoms with Crippen LogP contribution in [0.2, 0.25) is 0 Å². The van der Waals surface area contributed by atoms with Crippen LogP contribution in [0.3, 0.4) is 0 Å². The van der Waals surface area contributed by atoms with Crippen LogP contribution < -0.4 is 0 Å². The normalized spacial score (nSPS) is 11.4. The predicted octanol–water partition coefficient (Wildman–Crippen LogP) is 14.2. The van der Waals surface area contributed by atoms with E-state index in [2.05, 4.69) is 122 Å². The molecule has 0 amide bonds. The zero-order valence-electron chi connectivity index (χ0n) is 34.8. The number of hydrogen-bond donors (Lipinski definition) is 0. The van der Waals surface area contributed by atoms with Gasteiger partial charge in [0, 0.05) is 59.8 Å². The number of furan rings is 2. The Morgan fingerprint density at radius 3 is 2.11 bits per heavy atom. The maximum Gasteiger partial charge on any atom is 0.136 e. The summed E-state index contributed by atoms with van der Waals surface area (Å²) < 4.78 is 27.7. The van der Waals surface area contributed by atoms with E-state index in [9.17, 15) is 9.65 Å². The summed E-state index contributed by atoms with van der Waals surface area (Å²) in [5.74, 6) is 1.11. The Hall–Kier alpha value is -7.24. The third-order valence-corrected chi connectivity index (χ3v) is 11.3. The first-order valence-corrected chi connectivity index (χ1v) is 20.5. The topological polar surface area (TPSA) is 93.7 Å². The summed E-state index contributed by atoms with van der Waals surface area (Å²) in [5, 5.41) is 12.2. The number of nitrogens with zero attached hydrogens (tertiary/aromatic N) is 5. The van der Waals surface area contributed by atoms with Crippen molar-refractivity contribution in [3.63, 3.8) is 0 Å². The van der Waals surface area contributed by atoms with Crippen molar-refractivity contribution in [1.82, 2.24) is 19.5 Å². The molecule has 0 saturated carbocycles. The molecule has 6 aromatic carbocycles. The van der Waals surface area contributed by atoms with E-state index in [1.54, 1.807) is 24.5 Å². The molecule has 0 unspecified atom stereocenters. The van der Waals surface area contributed by atoms with Crippen LogP contribution in [0.1, 0.15) is 56.2 Å². The van der Waals surface area contributed by atoms with Gasteiger partial charge < -0.3 is 18.4 Å². The summed E-state index contributed by atoms with van der Waals surface area (Å²) in [5.41, 5.74) is 14.3. The van der Waals surface area contributed by atoms with Crippen molar-refractivity contribution in [3.8, 4) is 45.5 Å². The van der Waals surface area contributed by atoms with Crippen molar-refractivity contribution in [3.05, 3.63) is 180 Å². The molecule has 5 aromatic heterocycles. The SMILES string of the molecule is CC(C)c1cccc(C(C)C)c1-n1c(-c2[c-]cnc3c2oc2cc(-c4ccc5c(c4)oc4ccc(C#N)cc45)ccc23)nc2ccccc21.Fc1c[c-]c(-c2ccccn2)cc1.[Ir]. The first-order chi connectivity index (χ1) is 30.2. The van der Waals surface area contributed by atoms with Gasteiger partial charge in [0.1, 0.15) is 16.7 Å². The van der Waals surface area contributed by atoms with E-state index in [-0.39, 0.29) is 25.9 Å². The van der Waals surface area contributed by atoms with Crippen molar-refractivity contribution in [2.75, 3.05) is 0 Å². The third kappa shape index (κ3) is 7.48. The zero-order chi connectivity index (χ0) is 42.5. The molecular formula is C54H38FIrN5O2-2. The van der Waals surface area contributed by atoms with Gasteiger partial charge >= 0.3 is 0 Å². The number of halogens is 1. The van der Waals surface area contributed by atoms with Gasteiger partial charge in [-0.05, 0) is 107 Å². The minimum absolute atomic E-state index is 0. The second-order valence-electron chi connectivity index (χ2n) is 15.9. The third-order valence-electron chi connectivity index (χ3n) is 11.3. The Bertz CT molecular complexity index is 3480. The Labute approximate surface area is 376 Å². The molecule has 0 saturated heterocycles. The van der Waals surface area contributed by atoms with Crippen molar-refractivity contribution in [2.45, 2.75) is 39.5 Å². The quantitative estimate of drug-likeness (QED) is 0.154. The van der Waals surface area contributed by atoms with E-state index in [4.69, 9.17) is 18.8 Å². The number of hydrogen-bond acceptors (Lipinski definition) is 6. The Morgan fingerprint density at radius 1 is 0.683 bits per heavy atom. The molecule has 9 heteroatoms. The van der Waals surface area contributed by atoms with E-state index in [1.807, 2.05) is 42.5 Å². The molecule has 0 N–H and O–H groups in total. The summed E-state index contributed by atoms with van der Waals surface area (Å²) in [4.78, 5) is 14.1. The molecular weight excluding hydrogens is 962 g/mol. The number of aromatic nitrogens is 4. The van der Waals surface area contributed by atoms with Gasteiger partial charge in [-0.1, -0.05) is 82.3 Å². The summed E-state index contributed by atoms with van der Waals surface area (Å²) in [7, 11) is 0. The molecule has 0 fully saturated rings. The monoisotopic (exact) mass is 1000 g/mol. The summed E-state index contributed by atoms with van der Waals surface area (Å²) in [6.07, 6.45) is 3.43. The van der Waals surface area contributed by atoms with Crippen LogP contribution in [-0.2, 0) is 20.1 Å². The van der Waals surface area contributed by atoms with Gasteiger partial charge in [-0.2, -0.15) is 5.26 Å². The fraction of sp³-hybridized carbons (Fsp3) is 0.111. The summed E-state index contributed by atoms with van der Waals surface area (Å²) >= 11 is 0. The van der Waals surface area contributed by atoms with Crippen LogP contribution in [0.25, 0.3) is 94.5 Å². The molecule has 1 radical (unpaired) electrons. The molecule has 63 heavy (non-hydrogen) atoms. The van der Waals surface area contributed by atoms with Gasteiger partial charge in [-0.15, -0.1) is 41.5 Å². The first kappa shape index (κ1) is 41.1. The van der Waals surface area contributed by atoms with Crippen molar-refractivity contribution in [1.29, 1.82) is 5.26 Å². The van der Waals surface area contributed by atoms with Gasteiger partial charge in [0.05, 0.1) is 33.8 Å². The maximum absolute atomic E-state index is 12.6. The number of para-hydroxylation sites is 3. The molecule has 11 rings (SSSR count). The van der Waals surface area contributed by atoms with Gasteiger partial charge in [0.2, 0.25) is 0 Å². The fourth-order valence-electron chi connectivity index (χ4n) is 8.26. The number of pyridine rings is 2. The van der Waals surface area contributed by atoms with Crippen molar-refractivity contribution >= 4 is 55.0 Å². The average Bonchev–Trinajstić information content (AvgIpc) is 4.00. The molecule has 7 nitrogen and oxygen atoms in total. The van der Waals surface area contributed by atoms with Gasteiger partial charge in [-0.25, -0.2) is 0 Å². The zero-order valence-corrected chi connectivity index (χ0v) is 37.2. The largest absolute Gasteiger partial charge is 0.513 e. The molecule has 0 aliphatic carbocycles. The second-order valence-corrected chi connectivity index (χ2v) is 15.9. The minimum atomic E-state index is -0.278. The van der Waals surface area contributed by atoms with Crippen LogP contribution in [0.5, 0.6) is 0 Å². The number of benzene rings is 6. The van der Waals surface area contributed by atoms with Crippen LogP contribution in [-0.4, -0.2) is 19.5 Å². The van der Waals surface area contributed by atoms with E-state index in [0.717, 1.165) is 88.9 Å². The average molecular weight is 1000 g/mol. The van der Waals surface area contributed by atoms with E-state index >= 15 is 0 Å². The van der Waals surface area contributed by atoms with E-state index in [1.165, 1.54) is 23.3 Å². The van der Waals surface area contributed by atoms with Crippen LogP contribution in [0, 0.1) is 29.3 Å². The number of imidazole rings is 1. The fourth-order valence-corrected chi connectivity index (χ4v) is 8.26. The van der Waals surface area contributed by atoms with Crippen molar-refractivity contribution < 1.29 is 33.3 Å². The Morgan fingerprint density at radius 2 is 1.41 bits per heavy atom. The molecule has 0 bridgehead atoms. The van der Waals surface area contributed by atoms with Crippen molar-refractivity contribution in [2.24, 2.45) is 0 Å². The smallest absolute Gasteiger partial charge is 0.136 e. The van der Waals surface area contributed by atoms with Gasteiger partial charge in [0.15, 0.2) is 0 Å². The molecule has 0 aliphatic heterocycles. The van der Waals surface area contributed by atoms with Gasteiger partial charge in [-0.3, -0.25) is 14.4 Å². The number of nitriles is 1. The summed E-state index contributed by atoms with van der Waals surface area (Å²) in [6.45, 7) is 8.97. The minimum Gasteiger partial charge on any atom is -0.513 e. The van der Waals surface area contributed by atoms with Crippen LogP contribution >= 0.6 is 0 Å². The molecule has 0 aliphatic rings.